The zero-order valence-corrected chi connectivity index (χ0v) is 15.7. The minimum Gasteiger partial charge on any atom is -0.357 e. The van der Waals surface area contributed by atoms with Gasteiger partial charge in [-0.2, -0.15) is 11.8 Å². The van der Waals surface area contributed by atoms with E-state index >= 15 is 0 Å². The zero-order valence-electron chi connectivity index (χ0n) is 12.5. The third-order valence-electron chi connectivity index (χ3n) is 2.59. The molecule has 3 nitrogen and oxygen atoms in total. The third-order valence-corrected chi connectivity index (χ3v) is 3.82. The standard InChI is InChI=1S/C13H29N3S.HI/c1-6-8-9-10-15-12(14-7-2)16-11-13(3,4)17-5;/h6-11H2,1-5H3,(H2,14,15,16);1H. The lowest BCUT2D eigenvalue weighted by atomic mass is 10.2. The van der Waals surface area contributed by atoms with Crippen molar-refractivity contribution in [3.05, 3.63) is 0 Å². The molecule has 0 heterocycles. The normalized spacial score (nSPS) is 11.9. The summed E-state index contributed by atoms with van der Waals surface area (Å²) in [5.41, 5.74) is 0. The maximum atomic E-state index is 4.63. The molecule has 0 aliphatic heterocycles. The van der Waals surface area contributed by atoms with Gasteiger partial charge in [0.05, 0.1) is 6.54 Å². The molecule has 0 bridgehead atoms. The molecular formula is C13H30IN3S. The molecule has 0 rings (SSSR count). The highest BCUT2D eigenvalue weighted by Gasteiger charge is 2.15. The van der Waals surface area contributed by atoms with Crippen LogP contribution in [0.4, 0.5) is 0 Å². The van der Waals surface area contributed by atoms with E-state index in [1.54, 1.807) is 0 Å². The van der Waals surface area contributed by atoms with Crippen LogP contribution in [-0.2, 0) is 0 Å². The summed E-state index contributed by atoms with van der Waals surface area (Å²) in [6.07, 6.45) is 5.89. The molecule has 0 aromatic carbocycles. The predicted molar refractivity (Wildman–Crippen MR) is 96.5 cm³/mol. The molecule has 0 saturated heterocycles. The molecule has 0 saturated carbocycles. The van der Waals surface area contributed by atoms with Crippen LogP contribution in [0.3, 0.4) is 0 Å². The van der Waals surface area contributed by atoms with Crippen molar-refractivity contribution in [3.8, 4) is 0 Å². The Bertz CT molecular complexity index is 220. The Kier molecular flexibility index (Phi) is 14.2. The summed E-state index contributed by atoms with van der Waals surface area (Å²) < 4.78 is 0.214. The van der Waals surface area contributed by atoms with Crippen LogP contribution in [0, 0.1) is 0 Å². The molecule has 0 aliphatic rings. The lowest BCUT2D eigenvalue weighted by Gasteiger charge is -2.20. The van der Waals surface area contributed by atoms with Crippen molar-refractivity contribution in [2.75, 3.05) is 25.9 Å². The Hall–Kier alpha value is 0.350. The van der Waals surface area contributed by atoms with Crippen molar-refractivity contribution >= 4 is 41.7 Å². The fourth-order valence-electron chi connectivity index (χ4n) is 1.26. The second kappa shape index (κ2) is 12.4. The van der Waals surface area contributed by atoms with Crippen molar-refractivity contribution in [1.29, 1.82) is 0 Å². The van der Waals surface area contributed by atoms with Gasteiger partial charge in [-0.3, -0.25) is 4.99 Å². The number of thioether (sulfide) groups is 1. The van der Waals surface area contributed by atoms with Crippen LogP contribution in [0.15, 0.2) is 4.99 Å². The predicted octanol–water partition coefficient (Wildman–Crippen LogP) is 3.49. The Balaban J connectivity index is 0. The molecule has 0 aliphatic carbocycles. The van der Waals surface area contributed by atoms with E-state index in [2.05, 4.69) is 49.6 Å². The van der Waals surface area contributed by atoms with Gasteiger partial charge in [-0.05, 0) is 33.4 Å². The summed E-state index contributed by atoms with van der Waals surface area (Å²) in [5, 5.41) is 6.67. The summed E-state index contributed by atoms with van der Waals surface area (Å²) in [5.74, 6) is 0.950. The lowest BCUT2D eigenvalue weighted by molar-refractivity contribution is 0.674. The first-order chi connectivity index (χ1) is 8.05. The first-order valence-electron chi connectivity index (χ1n) is 6.63. The van der Waals surface area contributed by atoms with Crippen LogP contribution < -0.4 is 10.6 Å². The molecule has 0 radical (unpaired) electrons. The van der Waals surface area contributed by atoms with Crippen molar-refractivity contribution < 1.29 is 0 Å². The second-order valence-electron chi connectivity index (χ2n) is 4.79. The molecule has 18 heavy (non-hydrogen) atoms. The van der Waals surface area contributed by atoms with Gasteiger partial charge in [0.2, 0.25) is 0 Å². The number of rotatable bonds is 8. The van der Waals surface area contributed by atoms with Crippen molar-refractivity contribution in [2.45, 2.75) is 51.7 Å². The zero-order chi connectivity index (χ0) is 13.1. The van der Waals surface area contributed by atoms with Gasteiger partial charge in [-0.1, -0.05) is 19.8 Å². The highest BCUT2D eigenvalue weighted by molar-refractivity contribution is 14.0. The van der Waals surface area contributed by atoms with E-state index in [1.807, 2.05) is 11.8 Å². The molecule has 5 heteroatoms. The van der Waals surface area contributed by atoms with Gasteiger partial charge in [0.1, 0.15) is 0 Å². The fourth-order valence-corrected chi connectivity index (χ4v) is 1.45. The Morgan fingerprint density at radius 3 is 2.33 bits per heavy atom. The molecular weight excluding hydrogens is 357 g/mol. The molecule has 2 N–H and O–H groups in total. The smallest absolute Gasteiger partial charge is 0.191 e. The van der Waals surface area contributed by atoms with E-state index in [4.69, 9.17) is 0 Å². The Labute approximate surface area is 134 Å². The number of aliphatic imine (C=N–C) groups is 1. The maximum absolute atomic E-state index is 4.63. The quantitative estimate of drug-likeness (QED) is 0.290. The molecule has 110 valence electrons. The number of nitrogens with one attached hydrogen (secondary N) is 2. The molecule has 0 aromatic rings. The number of guanidine groups is 1. The van der Waals surface area contributed by atoms with E-state index in [9.17, 15) is 0 Å². The summed E-state index contributed by atoms with van der Waals surface area (Å²) >= 11 is 1.86. The topological polar surface area (TPSA) is 36.4 Å². The average Bonchev–Trinajstić information content (AvgIpc) is 2.31. The van der Waals surface area contributed by atoms with Gasteiger partial charge in [-0.25, -0.2) is 0 Å². The van der Waals surface area contributed by atoms with Gasteiger partial charge >= 0.3 is 0 Å². The van der Waals surface area contributed by atoms with Gasteiger partial charge in [0.25, 0.3) is 0 Å². The molecule has 0 fully saturated rings. The number of unbranched alkanes of at least 4 members (excludes halogenated alkanes) is 2. The maximum Gasteiger partial charge on any atom is 0.191 e. The van der Waals surface area contributed by atoms with Crippen molar-refractivity contribution in [2.24, 2.45) is 4.99 Å². The summed E-state index contributed by atoms with van der Waals surface area (Å²) in [6.45, 7) is 11.5. The average molecular weight is 387 g/mol. The number of hydrogen-bond donors (Lipinski definition) is 2. The van der Waals surface area contributed by atoms with E-state index in [1.165, 1.54) is 19.3 Å². The minimum atomic E-state index is 0. The monoisotopic (exact) mass is 387 g/mol. The third kappa shape index (κ3) is 11.4. The first-order valence-corrected chi connectivity index (χ1v) is 7.85. The van der Waals surface area contributed by atoms with Crippen molar-refractivity contribution in [3.63, 3.8) is 0 Å². The van der Waals surface area contributed by atoms with E-state index in [0.29, 0.717) is 0 Å². The van der Waals surface area contributed by atoms with Gasteiger partial charge in [0, 0.05) is 17.8 Å². The number of hydrogen-bond acceptors (Lipinski definition) is 2. The summed E-state index contributed by atoms with van der Waals surface area (Å²) in [4.78, 5) is 4.63. The molecule has 0 unspecified atom stereocenters. The van der Waals surface area contributed by atoms with Crippen LogP contribution in [0.2, 0.25) is 0 Å². The lowest BCUT2D eigenvalue weighted by Crippen LogP contribution is -2.38. The number of nitrogens with zero attached hydrogens (tertiary/aromatic N) is 1. The van der Waals surface area contributed by atoms with Crippen LogP contribution >= 0.6 is 35.7 Å². The van der Waals surface area contributed by atoms with Crippen LogP contribution in [0.5, 0.6) is 0 Å². The van der Waals surface area contributed by atoms with E-state index in [0.717, 1.165) is 25.6 Å². The van der Waals surface area contributed by atoms with Gasteiger partial charge in [0.15, 0.2) is 5.96 Å². The van der Waals surface area contributed by atoms with Crippen molar-refractivity contribution in [1.82, 2.24) is 10.6 Å². The highest BCUT2D eigenvalue weighted by atomic mass is 127. The molecule has 0 amide bonds. The molecule has 0 aromatic heterocycles. The minimum absolute atomic E-state index is 0. The van der Waals surface area contributed by atoms with Crippen LogP contribution in [0.1, 0.15) is 47.0 Å². The largest absolute Gasteiger partial charge is 0.357 e. The number of halogens is 1. The van der Waals surface area contributed by atoms with Crippen LogP contribution in [-0.4, -0.2) is 36.6 Å². The van der Waals surface area contributed by atoms with E-state index < -0.39 is 0 Å². The molecule has 0 spiro atoms. The summed E-state index contributed by atoms with van der Waals surface area (Å²) in [6, 6.07) is 0. The van der Waals surface area contributed by atoms with Gasteiger partial charge in [-0.15, -0.1) is 24.0 Å². The molecule has 0 atom stereocenters. The fraction of sp³-hybridized carbons (Fsp3) is 0.923. The Morgan fingerprint density at radius 1 is 1.17 bits per heavy atom. The first kappa shape index (κ1) is 20.7. The SMILES string of the molecule is CCCCCNC(=NCC(C)(C)SC)NCC.I. The Morgan fingerprint density at radius 2 is 1.83 bits per heavy atom. The highest BCUT2D eigenvalue weighted by Crippen LogP contribution is 2.20. The summed E-state index contributed by atoms with van der Waals surface area (Å²) in [7, 11) is 0. The van der Waals surface area contributed by atoms with E-state index in [-0.39, 0.29) is 28.7 Å². The van der Waals surface area contributed by atoms with Gasteiger partial charge < -0.3 is 10.6 Å². The van der Waals surface area contributed by atoms with Crippen LogP contribution in [0.25, 0.3) is 0 Å². The second-order valence-corrected chi connectivity index (χ2v) is 6.31.